The third-order valence-corrected chi connectivity index (χ3v) is 4.58. The zero-order valence-corrected chi connectivity index (χ0v) is 15.9. The molecular weight excluding hydrogens is 374 g/mol. The van der Waals surface area contributed by atoms with Gasteiger partial charge in [0.2, 0.25) is 0 Å². The summed E-state index contributed by atoms with van der Waals surface area (Å²) in [4.78, 5) is 22.5. The van der Waals surface area contributed by atoms with Gasteiger partial charge in [-0.15, -0.1) is 0 Å². The van der Waals surface area contributed by atoms with Crippen LogP contribution in [0.15, 0.2) is 60.7 Å². The number of nitro benzene ring substituents is 1. The van der Waals surface area contributed by atoms with E-state index in [0.29, 0.717) is 22.1 Å². The first kappa shape index (κ1) is 20.3. The van der Waals surface area contributed by atoms with E-state index in [9.17, 15) is 20.0 Å². The Hall–Kier alpha value is -3.45. The highest BCUT2D eigenvalue weighted by atomic mass is 16.6. The molecule has 7 nitrogen and oxygen atoms in total. The summed E-state index contributed by atoms with van der Waals surface area (Å²) < 4.78 is 10.9. The van der Waals surface area contributed by atoms with Crippen LogP contribution in [-0.2, 0) is 16.1 Å². The molecule has 0 saturated carbocycles. The highest BCUT2D eigenvalue weighted by Gasteiger charge is 2.27. The van der Waals surface area contributed by atoms with Crippen LogP contribution in [0.2, 0.25) is 0 Å². The number of hydrogen-bond acceptors (Lipinski definition) is 6. The molecule has 0 fully saturated rings. The van der Waals surface area contributed by atoms with Crippen LogP contribution < -0.4 is 4.74 Å². The molecule has 1 N–H and O–H groups in total. The monoisotopic (exact) mass is 395 g/mol. The quantitative estimate of drug-likeness (QED) is 0.352. The third kappa shape index (κ3) is 4.70. The lowest BCUT2D eigenvalue weighted by Crippen LogP contribution is -2.16. The van der Waals surface area contributed by atoms with Crippen molar-refractivity contribution in [2.24, 2.45) is 0 Å². The Balaban J connectivity index is 2.08. The molecule has 0 aliphatic heterocycles. The SMILES string of the molecule is CC(=O)OC[C@H](CO)c1c([N+](=O)[O-])cc(OCc2ccccc2)c2ccccc12. The Kier molecular flexibility index (Phi) is 6.41. The average Bonchev–Trinajstić information content (AvgIpc) is 2.73. The molecule has 0 saturated heterocycles. The van der Waals surface area contributed by atoms with Crippen molar-refractivity contribution in [1.82, 2.24) is 0 Å². The number of carbonyl (C=O) groups is 1. The standard InChI is InChI=1S/C22H21NO6/c1-15(25)28-14-17(12-24)22-19-10-6-5-9-18(19)21(11-20(22)23(26)27)29-13-16-7-3-2-4-8-16/h2-11,17,24H,12-14H2,1H3/t17-/m0/s1. The number of carbonyl (C=O) groups excluding carboxylic acids is 1. The Labute approximate surface area is 167 Å². The molecular formula is C22H21NO6. The molecule has 0 unspecified atom stereocenters. The zero-order valence-electron chi connectivity index (χ0n) is 15.9. The molecule has 0 aromatic heterocycles. The fourth-order valence-corrected chi connectivity index (χ4v) is 3.23. The minimum absolute atomic E-state index is 0.152. The van der Waals surface area contributed by atoms with Crippen LogP contribution in [0.4, 0.5) is 5.69 Å². The van der Waals surface area contributed by atoms with E-state index in [2.05, 4.69) is 0 Å². The topological polar surface area (TPSA) is 98.9 Å². The Morgan fingerprint density at radius 2 is 1.76 bits per heavy atom. The predicted molar refractivity (Wildman–Crippen MR) is 108 cm³/mol. The second-order valence-electron chi connectivity index (χ2n) is 6.57. The minimum Gasteiger partial charge on any atom is -0.488 e. The van der Waals surface area contributed by atoms with Crippen LogP contribution in [0.1, 0.15) is 24.0 Å². The van der Waals surface area contributed by atoms with E-state index in [1.165, 1.54) is 13.0 Å². The summed E-state index contributed by atoms with van der Waals surface area (Å²) in [6.45, 7) is 0.961. The summed E-state index contributed by atoms with van der Waals surface area (Å²) >= 11 is 0. The van der Waals surface area contributed by atoms with Crippen LogP contribution in [-0.4, -0.2) is 29.2 Å². The first-order valence-corrected chi connectivity index (χ1v) is 9.12. The molecule has 0 aliphatic carbocycles. The average molecular weight is 395 g/mol. The van der Waals surface area contributed by atoms with Gasteiger partial charge in [0.1, 0.15) is 19.0 Å². The summed E-state index contributed by atoms with van der Waals surface area (Å²) in [5.41, 5.74) is 1.07. The van der Waals surface area contributed by atoms with E-state index in [1.807, 2.05) is 42.5 Å². The van der Waals surface area contributed by atoms with E-state index in [1.54, 1.807) is 12.1 Å². The molecule has 1 atom stereocenters. The molecule has 0 bridgehead atoms. The van der Waals surface area contributed by atoms with Gasteiger partial charge in [0, 0.05) is 23.8 Å². The molecule has 0 spiro atoms. The summed E-state index contributed by atoms with van der Waals surface area (Å²) in [7, 11) is 0. The van der Waals surface area contributed by atoms with Gasteiger partial charge in [-0.2, -0.15) is 0 Å². The molecule has 7 heteroatoms. The first-order valence-electron chi connectivity index (χ1n) is 9.12. The van der Waals surface area contributed by atoms with Crippen LogP contribution in [0.25, 0.3) is 10.8 Å². The molecule has 0 heterocycles. The van der Waals surface area contributed by atoms with Crippen LogP contribution >= 0.6 is 0 Å². The number of rotatable bonds is 8. The number of hydrogen-bond donors (Lipinski definition) is 1. The van der Waals surface area contributed by atoms with Crippen LogP contribution in [0, 0.1) is 10.1 Å². The zero-order chi connectivity index (χ0) is 20.8. The second-order valence-corrected chi connectivity index (χ2v) is 6.57. The Morgan fingerprint density at radius 3 is 2.38 bits per heavy atom. The lowest BCUT2D eigenvalue weighted by molar-refractivity contribution is -0.385. The van der Waals surface area contributed by atoms with Gasteiger partial charge in [-0.25, -0.2) is 0 Å². The minimum atomic E-state index is -0.729. The third-order valence-electron chi connectivity index (χ3n) is 4.58. The van der Waals surface area contributed by atoms with Gasteiger partial charge >= 0.3 is 5.97 Å². The van der Waals surface area contributed by atoms with Gasteiger partial charge in [-0.3, -0.25) is 14.9 Å². The van der Waals surface area contributed by atoms with E-state index < -0.39 is 23.4 Å². The van der Waals surface area contributed by atoms with Gasteiger partial charge < -0.3 is 14.6 Å². The maximum Gasteiger partial charge on any atom is 0.302 e. The van der Waals surface area contributed by atoms with Crippen molar-refractivity contribution >= 4 is 22.4 Å². The molecule has 29 heavy (non-hydrogen) atoms. The summed E-state index contributed by atoms with van der Waals surface area (Å²) in [5.74, 6) is -0.866. The molecule has 3 aromatic rings. The summed E-state index contributed by atoms with van der Waals surface area (Å²) in [6, 6.07) is 18.0. The second kappa shape index (κ2) is 9.16. The normalized spacial score (nSPS) is 11.8. The number of benzene rings is 3. The van der Waals surface area contributed by atoms with Crippen molar-refractivity contribution in [3.8, 4) is 5.75 Å². The van der Waals surface area contributed by atoms with Crippen molar-refractivity contribution < 1.29 is 24.3 Å². The number of aliphatic hydroxyl groups is 1. The Morgan fingerprint density at radius 1 is 1.10 bits per heavy atom. The van der Waals surface area contributed by atoms with Crippen molar-refractivity contribution in [1.29, 1.82) is 0 Å². The van der Waals surface area contributed by atoms with Crippen molar-refractivity contribution in [3.05, 3.63) is 81.9 Å². The molecule has 3 rings (SSSR count). The molecule has 0 radical (unpaired) electrons. The van der Waals surface area contributed by atoms with Crippen LogP contribution in [0.3, 0.4) is 0 Å². The van der Waals surface area contributed by atoms with Crippen molar-refractivity contribution in [2.75, 3.05) is 13.2 Å². The van der Waals surface area contributed by atoms with E-state index in [0.717, 1.165) is 5.56 Å². The maximum atomic E-state index is 11.8. The van der Waals surface area contributed by atoms with E-state index >= 15 is 0 Å². The number of nitro groups is 1. The number of ether oxygens (including phenoxy) is 2. The highest BCUT2D eigenvalue weighted by Crippen LogP contribution is 2.40. The molecule has 0 aliphatic rings. The lowest BCUT2D eigenvalue weighted by atomic mass is 9.92. The van der Waals surface area contributed by atoms with E-state index in [4.69, 9.17) is 9.47 Å². The van der Waals surface area contributed by atoms with Crippen molar-refractivity contribution in [3.63, 3.8) is 0 Å². The molecule has 0 amide bonds. The van der Waals surface area contributed by atoms with Gasteiger partial charge in [-0.05, 0) is 10.9 Å². The molecule has 3 aromatic carbocycles. The summed E-state index contributed by atoms with van der Waals surface area (Å²) in [6.07, 6.45) is 0. The largest absolute Gasteiger partial charge is 0.488 e. The smallest absolute Gasteiger partial charge is 0.302 e. The fraction of sp³-hybridized carbons (Fsp3) is 0.227. The lowest BCUT2D eigenvalue weighted by Gasteiger charge is -2.19. The number of fused-ring (bicyclic) bond motifs is 1. The predicted octanol–water partition coefficient (Wildman–Crippen LogP) is 3.97. The van der Waals surface area contributed by atoms with Crippen LogP contribution in [0.5, 0.6) is 5.75 Å². The Bertz CT molecular complexity index is 1020. The van der Waals surface area contributed by atoms with Gasteiger partial charge in [-0.1, -0.05) is 54.6 Å². The summed E-state index contributed by atoms with van der Waals surface area (Å²) in [5, 5.41) is 22.9. The van der Waals surface area contributed by atoms with Gasteiger partial charge in [0.05, 0.1) is 17.6 Å². The highest BCUT2D eigenvalue weighted by molar-refractivity contribution is 5.94. The molecule has 150 valence electrons. The first-order chi connectivity index (χ1) is 14.0. The number of esters is 1. The van der Waals surface area contributed by atoms with Gasteiger partial charge in [0.15, 0.2) is 0 Å². The number of nitrogens with zero attached hydrogens (tertiary/aromatic N) is 1. The van der Waals surface area contributed by atoms with Gasteiger partial charge in [0.25, 0.3) is 5.69 Å². The maximum absolute atomic E-state index is 11.8. The fourth-order valence-electron chi connectivity index (χ4n) is 3.23. The van der Waals surface area contributed by atoms with Crippen molar-refractivity contribution in [2.45, 2.75) is 19.4 Å². The van der Waals surface area contributed by atoms with E-state index in [-0.39, 0.29) is 18.9 Å². The number of aliphatic hydroxyl groups excluding tert-OH is 1.